The summed E-state index contributed by atoms with van der Waals surface area (Å²) in [6, 6.07) is 11.1. The first kappa shape index (κ1) is 19.9. The van der Waals surface area contributed by atoms with Crippen molar-refractivity contribution in [2.24, 2.45) is 0 Å². The smallest absolute Gasteiger partial charge is 0.234 e. The van der Waals surface area contributed by atoms with Crippen molar-refractivity contribution in [3.63, 3.8) is 0 Å². The number of rotatable bonds is 5. The topological polar surface area (TPSA) is 94.9 Å². The summed E-state index contributed by atoms with van der Waals surface area (Å²) in [5, 5.41) is 15.6. The molecule has 2 amide bonds. The summed E-state index contributed by atoms with van der Waals surface area (Å²) in [6.45, 7) is 1.44. The highest BCUT2D eigenvalue weighted by atomic mass is 32.2. The lowest BCUT2D eigenvalue weighted by Crippen LogP contribution is -2.14. The Morgan fingerprint density at radius 3 is 2.46 bits per heavy atom. The van der Waals surface area contributed by atoms with Crippen LogP contribution in [-0.4, -0.2) is 22.6 Å². The molecule has 1 aromatic heterocycles. The zero-order chi connectivity index (χ0) is 19.9. The lowest BCUT2D eigenvalue weighted by Gasteiger charge is -2.10. The molecule has 2 aromatic rings. The van der Waals surface area contributed by atoms with E-state index in [-0.39, 0.29) is 17.6 Å². The number of thioether (sulfide) groups is 1. The fraction of sp³-hybridized carbons (Fsp3) is 0.333. The van der Waals surface area contributed by atoms with Crippen LogP contribution in [0.5, 0.6) is 0 Å². The number of nitrogens with one attached hydrogen (secondary N) is 2. The van der Waals surface area contributed by atoms with Crippen molar-refractivity contribution in [2.45, 2.75) is 44.1 Å². The van der Waals surface area contributed by atoms with Gasteiger partial charge in [-0.15, -0.1) is 0 Å². The van der Waals surface area contributed by atoms with Crippen LogP contribution in [0.25, 0.3) is 0 Å². The fourth-order valence-electron chi connectivity index (χ4n) is 3.15. The standard InChI is InChI=1S/C21H22N4O2S/c1-14(26)23-17-7-9-18(10-8-17)24-20(27)13-28-21-16(12-22)11-15-5-3-2-4-6-19(15)25-21/h7-11H,2-6,13H2,1H3,(H,23,26)(H,24,27). The van der Waals surface area contributed by atoms with Crippen LogP contribution < -0.4 is 10.6 Å². The number of aromatic nitrogens is 1. The van der Waals surface area contributed by atoms with Crippen LogP contribution in [-0.2, 0) is 22.4 Å². The Morgan fingerprint density at radius 2 is 1.79 bits per heavy atom. The van der Waals surface area contributed by atoms with E-state index in [1.54, 1.807) is 24.3 Å². The van der Waals surface area contributed by atoms with E-state index in [0.29, 0.717) is 22.0 Å². The Morgan fingerprint density at radius 1 is 1.11 bits per heavy atom. The fourth-order valence-corrected chi connectivity index (χ4v) is 3.93. The number of pyridine rings is 1. The summed E-state index contributed by atoms with van der Waals surface area (Å²) in [6.07, 6.45) is 5.34. The maximum Gasteiger partial charge on any atom is 0.234 e. The largest absolute Gasteiger partial charge is 0.326 e. The Kier molecular flexibility index (Phi) is 6.66. The van der Waals surface area contributed by atoms with E-state index in [0.717, 1.165) is 31.4 Å². The van der Waals surface area contributed by atoms with Gasteiger partial charge in [-0.1, -0.05) is 18.2 Å². The second-order valence-corrected chi connectivity index (χ2v) is 7.68. The highest BCUT2D eigenvalue weighted by Gasteiger charge is 2.15. The molecule has 0 aliphatic heterocycles. The molecule has 0 unspecified atom stereocenters. The number of nitrogens with zero attached hydrogens (tertiary/aromatic N) is 2. The van der Waals surface area contributed by atoms with Gasteiger partial charge in [0.25, 0.3) is 0 Å². The third-order valence-electron chi connectivity index (χ3n) is 4.47. The minimum Gasteiger partial charge on any atom is -0.326 e. The lowest BCUT2D eigenvalue weighted by atomic mass is 10.1. The first-order valence-electron chi connectivity index (χ1n) is 9.28. The molecule has 3 rings (SSSR count). The molecule has 0 spiro atoms. The van der Waals surface area contributed by atoms with E-state index in [2.05, 4.69) is 21.7 Å². The summed E-state index contributed by atoms with van der Waals surface area (Å²) in [5.41, 5.74) is 4.09. The number of hydrogen-bond acceptors (Lipinski definition) is 5. The van der Waals surface area contributed by atoms with Crippen molar-refractivity contribution in [2.75, 3.05) is 16.4 Å². The van der Waals surface area contributed by atoms with E-state index in [4.69, 9.17) is 0 Å². The van der Waals surface area contributed by atoms with Crippen LogP contribution in [0, 0.1) is 11.3 Å². The van der Waals surface area contributed by atoms with Crippen LogP contribution in [0.2, 0.25) is 0 Å². The second-order valence-electron chi connectivity index (χ2n) is 6.71. The monoisotopic (exact) mass is 394 g/mol. The number of carbonyl (C=O) groups excluding carboxylic acids is 2. The third-order valence-corrected chi connectivity index (χ3v) is 5.46. The number of anilines is 2. The lowest BCUT2D eigenvalue weighted by molar-refractivity contribution is -0.114. The molecule has 144 valence electrons. The van der Waals surface area contributed by atoms with Crippen LogP contribution in [0.3, 0.4) is 0 Å². The molecule has 0 bridgehead atoms. The van der Waals surface area contributed by atoms with Gasteiger partial charge in [-0.3, -0.25) is 9.59 Å². The number of hydrogen-bond donors (Lipinski definition) is 2. The van der Waals surface area contributed by atoms with Gasteiger partial charge in [0.2, 0.25) is 11.8 Å². The first-order valence-corrected chi connectivity index (χ1v) is 10.3. The summed E-state index contributed by atoms with van der Waals surface area (Å²) >= 11 is 1.29. The van der Waals surface area contributed by atoms with Crippen molar-refractivity contribution in [3.8, 4) is 6.07 Å². The van der Waals surface area contributed by atoms with Gasteiger partial charge in [0.05, 0.1) is 11.3 Å². The summed E-state index contributed by atoms with van der Waals surface area (Å²) < 4.78 is 0. The number of nitriles is 1. The number of carbonyl (C=O) groups is 2. The van der Waals surface area contributed by atoms with Gasteiger partial charge >= 0.3 is 0 Å². The first-order chi connectivity index (χ1) is 13.5. The van der Waals surface area contributed by atoms with Gasteiger partial charge in [-0.05, 0) is 61.6 Å². The molecule has 0 fully saturated rings. The van der Waals surface area contributed by atoms with E-state index >= 15 is 0 Å². The van der Waals surface area contributed by atoms with Gasteiger partial charge in [0.1, 0.15) is 11.1 Å². The molecule has 28 heavy (non-hydrogen) atoms. The van der Waals surface area contributed by atoms with Crippen LogP contribution in [0.15, 0.2) is 35.4 Å². The number of fused-ring (bicyclic) bond motifs is 1. The zero-order valence-corrected chi connectivity index (χ0v) is 16.6. The molecule has 6 nitrogen and oxygen atoms in total. The predicted octanol–water partition coefficient (Wildman–Crippen LogP) is 3.91. The van der Waals surface area contributed by atoms with Gasteiger partial charge in [-0.2, -0.15) is 5.26 Å². The molecule has 1 heterocycles. The molecule has 7 heteroatoms. The van der Waals surface area contributed by atoms with E-state index < -0.39 is 0 Å². The molecule has 0 radical (unpaired) electrons. The number of aryl methyl sites for hydroxylation is 2. The summed E-state index contributed by atoms with van der Waals surface area (Å²) in [7, 11) is 0. The van der Waals surface area contributed by atoms with Crippen molar-refractivity contribution >= 4 is 35.0 Å². The Hall–Kier alpha value is -2.85. The average Bonchev–Trinajstić information content (AvgIpc) is 2.91. The molecular formula is C21H22N4O2S. The molecular weight excluding hydrogens is 372 g/mol. The predicted molar refractivity (Wildman–Crippen MR) is 110 cm³/mol. The molecule has 2 N–H and O–H groups in total. The minimum absolute atomic E-state index is 0.144. The van der Waals surface area contributed by atoms with E-state index in [1.807, 2.05) is 6.07 Å². The number of amides is 2. The molecule has 1 aliphatic carbocycles. The summed E-state index contributed by atoms with van der Waals surface area (Å²) in [4.78, 5) is 28.0. The van der Waals surface area contributed by atoms with Gasteiger partial charge in [0, 0.05) is 24.0 Å². The molecule has 1 aromatic carbocycles. The normalized spacial score (nSPS) is 13.0. The van der Waals surface area contributed by atoms with E-state index in [1.165, 1.54) is 30.7 Å². The SMILES string of the molecule is CC(=O)Nc1ccc(NC(=O)CSc2nc3c(cc2C#N)CCCCC3)cc1. The number of benzene rings is 1. The Balaban J connectivity index is 1.62. The minimum atomic E-state index is -0.169. The quantitative estimate of drug-likeness (QED) is 0.592. The maximum absolute atomic E-state index is 12.3. The van der Waals surface area contributed by atoms with Crippen LogP contribution in [0.4, 0.5) is 11.4 Å². The molecule has 1 aliphatic rings. The average molecular weight is 395 g/mol. The highest BCUT2D eigenvalue weighted by molar-refractivity contribution is 8.00. The second kappa shape index (κ2) is 9.38. The highest BCUT2D eigenvalue weighted by Crippen LogP contribution is 2.27. The molecule has 0 saturated carbocycles. The van der Waals surface area contributed by atoms with Crippen molar-refractivity contribution < 1.29 is 9.59 Å². The van der Waals surface area contributed by atoms with Gasteiger partial charge in [-0.25, -0.2) is 4.98 Å². The third kappa shape index (κ3) is 5.33. The van der Waals surface area contributed by atoms with Crippen molar-refractivity contribution in [3.05, 3.63) is 47.2 Å². The zero-order valence-electron chi connectivity index (χ0n) is 15.7. The van der Waals surface area contributed by atoms with E-state index in [9.17, 15) is 14.9 Å². The maximum atomic E-state index is 12.3. The molecule has 0 saturated heterocycles. The Labute approximate surface area is 168 Å². The summed E-state index contributed by atoms with van der Waals surface area (Å²) in [5.74, 6) is -0.138. The Bertz CT molecular complexity index is 919. The van der Waals surface area contributed by atoms with Crippen LogP contribution in [0.1, 0.15) is 43.0 Å². The van der Waals surface area contributed by atoms with Crippen molar-refractivity contribution in [1.29, 1.82) is 5.26 Å². The van der Waals surface area contributed by atoms with Crippen LogP contribution >= 0.6 is 11.8 Å². The van der Waals surface area contributed by atoms with Gasteiger partial charge < -0.3 is 10.6 Å². The van der Waals surface area contributed by atoms with Crippen molar-refractivity contribution in [1.82, 2.24) is 4.98 Å². The molecule has 0 atom stereocenters. The van der Waals surface area contributed by atoms with Gasteiger partial charge in [0.15, 0.2) is 0 Å².